The van der Waals surface area contributed by atoms with E-state index in [2.05, 4.69) is 11.6 Å². The fraction of sp³-hybridized carbons (Fsp3) is 1.00. The summed E-state index contributed by atoms with van der Waals surface area (Å²) < 4.78 is 55.7. The Morgan fingerprint density at radius 2 is 1.33 bits per heavy atom. The number of hydrogen-bond donors (Lipinski definition) is 0. The van der Waals surface area contributed by atoms with Crippen LogP contribution in [0.5, 0.6) is 0 Å². The lowest BCUT2D eigenvalue weighted by Crippen LogP contribution is -2.11. The van der Waals surface area contributed by atoms with E-state index in [0.29, 0.717) is 0 Å². The van der Waals surface area contributed by atoms with Crippen molar-refractivity contribution in [2.24, 2.45) is 0 Å². The van der Waals surface area contributed by atoms with Crippen LogP contribution in [0.1, 0.15) is 0 Å². The Kier molecular flexibility index (Phi) is 1.52. The number of rotatable bonds is 2. The normalized spacial score (nSPS) is 20.7. The van der Waals surface area contributed by atoms with Crippen LogP contribution in [0.15, 0.2) is 0 Å². The lowest BCUT2D eigenvalue weighted by Gasteiger charge is -2.39. The largest absolute Gasteiger partial charge is 0.286 e. The van der Waals surface area contributed by atoms with Crippen molar-refractivity contribution >= 4 is 21.8 Å². The van der Waals surface area contributed by atoms with Crippen molar-refractivity contribution in [3.63, 3.8) is 0 Å². The highest BCUT2D eigenvalue weighted by Crippen LogP contribution is 2.97. The minimum Gasteiger partial charge on any atom is -0.125 e. The average Bonchev–Trinajstić information content (AvgIpc) is 1.22. The summed E-state index contributed by atoms with van der Waals surface area (Å²) in [6.45, 7) is 0. The molecule has 0 atom stereocenters. The van der Waals surface area contributed by atoms with E-state index >= 15 is 0 Å². The van der Waals surface area contributed by atoms with Crippen molar-refractivity contribution in [2.45, 2.75) is 0 Å². The first kappa shape index (κ1) is 9.29. The summed E-state index contributed by atoms with van der Waals surface area (Å²) in [6, 6.07) is 0. The van der Waals surface area contributed by atoms with Gasteiger partial charge in [-0.1, -0.05) is 19.4 Å². The molecule has 0 rings (SSSR count). The SMILES string of the molecule is FS(F)(F)(F)(F)CCCl. The Morgan fingerprint density at radius 3 is 1.33 bits per heavy atom. The molecule has 0 aromatic rings. The Balaban J connectivity index is 4.34. The van der Waals surface area contributed by atoms with Crippen LogP contribution in [0, 0.1) is 0 Å². The van der Waals surface area contributed by atoms with E-state index < -0.39 is 21.9 Å². The molecule has 0 aromatic heterocycles. The van der Waals surface area contributed by atoms with Gasteiger partial charge in [0.2, 0.25) is 0 Å². The molecule has 0 unspecified atom stereocenters. The van der Waals surface area contributed by atoms with E-state index in [-0.39, 0.29) is 0 Å². The van der Waals surface area contributed by atoms with Crippen LogP contribution in [-0.4, -0.2) is 11.6 Å². The summed E-state index contributed by atoms with van der Waals surface area (Å²) in [5, 5.41) is 0. The second kappa shape index (κ2) is 1.47. The van der Waals surface area contributed by atoms with Crippen molar-refractivity contribution < 1.29 is 19.4 Å². The topological polar surface area (TPSA) is 0 Å². The zero-order valence-corrected chi connectivity index (χ0v) is 5.66. The zero-order chi connectivity index (χ0) is 7.82. The van der Waals surface area contributed by atoms with E-state index in [9.17, 15) is 19.4 Å². The second-order valence-corrected chi connectivity index (χ2v) is 4.57. The molecule has 0 N–H and O–H groups in total. The molecule has 0 heterocycles. The molecule has 0 saturated heterocycles. The third-order valence-corrected chi connectivity index (χ3v) is 1.85. The summed E-state index contributed by atoms with van der Waals surface area (Å²) in [5.74, 6) is -3.26. The van der Waals surface area contributed by atoms with Gasteiger partial charge in [-0.2, -0.15) is 0 Å². The maximum absolute atomic E-state index is 11.1. The first-order chi connectivity index (χ1) is 3.54. The number of halogens is 6. The molecule has 0 amide bonds. The first-order valence-electron chi connectivity index (χ1n) is 1.83. The van der Waals surface area contributed by atoms with Gasteiger partial charge in [0.15, 0.2) is 0 Å². The first-order valence-corrected chi connectivity index (χ1v) is 4.48. The van der Waals surface area contributed by atoms with Gasteiger partial charge in [0.25, 0.3) is 10.2 Å². The van der Waals surface area contributed by atoms with Gasteiger partial charge in [0.05, 0.1) is 0 Å². The molecule has 0 aromatic carbocycles. The van der Waals surface area contributed by atoms with Gasteiger partial charge in [-0.3, -0.25) is 0 Å². The van der Waals surface area contributed by atoms with E-state index in [0.717, 1.165) is 0 Å². The Morgan fingerprint density at radius 1 is 1.00 bits per heavy atom. The molecule has 0 saturated carbocycles. The van der Waals surface area contributed by atoms with Gasteiger partial charge < -0.3 is 0 Å². The fourth-order valence-electron chi connectivity index (χ4n) is 0.146. The monoisotopic (exact) mass is 190 g/mol. The Hall–Kier alpha value is 0.290. The molecule has 0 bridgehead atoms. The van der Waals surface area contributed by atoms with E-state index in [1.54, 1.807) is 0 Å². The van der Waals surface area contributed by atoms with E-state index in [1.807, 2.05) is 0 Å². The van der Waals surface area contributed by atoms with Gasteiger partial charge >= 0.3 is 0 Å². The Labute approximate surface area is 53.7 Å². The molecule has 0 aliphatic carbocycles. The van der Waals surface area contributed by atoms with Gasteiger partial charge in [-0.15, -0.1) is 11.6 Å². The molecule has 60 valence electrons. The highest BCUT2D eigenvalue weighted by Gasteiger charge is 2.62. The lowest BCUT2D eigenvalue weighted by atomic mass is 11.0. The maximum Gasteiger partial charge on any atom is 0.286 e. The molecule has 0 fully saturated rings. The minimum absolute atomic E-state index is 1.09. The van der Waals surface area contributed by atoms with Crippen molar-refractivity contribution in [2.75, 3.05) is 11.6 Å². The molecule has 9 heavy (non-hydrogen) atoms. The van der Waals surface area contributed by atoms with Crippen molar-refractivity contribution in [3.8, 4) is 0 Å². The van der Waals surface area contributed by atoms with Crippen LogP contribution in [0.2, 0.25) is 0 Å². The van der Waals surface area contributed by atoms with Crippen LogP contribution >= 0.6 is 21.8 Å². The number of alkyl halides is 1. The quantitative estimate of drug-likeness (QED) is 0.462. The standard InChI is InChI=1S/C2H4ClF5S/c3-1-2-9(4,5,6,7)8/h1-2H2. The van der Waals surface area contributed by atoms with Crippen LogP contribution in [0.25, 0.3) is 0 Å². The van der Waals surface area contributed by atoms with Crippen LogP contribution in [0.4, 0.5) is 19.4 Å². The van der Waals surface area contributed by atoms with Crippen LogP contribution < -0.4 is 0 Å². The van der Waals surface area contributed by atoms with Crippen molar-refractivity contribution in [1.82, 2.24) is 0 Å². The molecule has 7 heteroatoms. The molecular weight excluding hydrogens is 187 g/mol. The molecule has 0 aliphatic heterocycles. The molecule has 0 aliphatic rings. The highest BCUT2D eigenvalue weighted by molar-refractivity contribution is 8.45. The third kappa shape index (κ3) is 8.29. The molecule has 0 nitrogen and oxygen atoms in total. The predicted octanol–water partition coefficient (Wildman–Crippen LogP) is 3.52. The Bertz CT molecular complexity index is 109. The fourth-order valence-corrected chi connectivity index (χ4v) is 1.31. The van der Waals surface area contributed by atoms with Gasteiger partial charge in [0, 0.05) is 5.88 Å². The van der Waals surface area contributed by atoms with Gasteiger partial charge in [-0.05, 0) is 0 Å². The summed E-state index contributed by atoms with van der Waals surface area (Å²) in [5.41, 5.74) is 0. The molecule has 0 radical (unpaired) electrons. The van der Waals surface area contributed by atoms with E-state index in [4.69, 9.17) is 0 Å². The van der Waals surface area contributed by atoms with E-state index in [1.165, 1.54) is 0 Å². The van der Waals surface area contributed by atoms with Gasteiger partial charge in [0.1, 0.15) is 5.75 Å². The maximum atomic E-state index is 11.1. The zero-order valence-electron chi connectivity index (χ0n) is 4.09. The van der Waals surface area contributed by atoms with Crippen LogP contribution in [0.3, 0.4) is 0 Å². The molecular formula is C2H4ClF5S. The van der Waals surface area contributed by atoms with Crippen molar-refractivity contribution in [1.29, 1.82) is 0 Å². The van der Waals surface area contributed by atoms with Crippen molar-refractivity contribution in [3.05, 3.63) is 0 Å². The average molecular weight is 191 g/mol. The summed E-state index contributed by atoms with van der Waals surface area (Å²) in [7, 11) is -9.16. The summed E-state index contributed by atoms with van der Waals surface area (Å²) >= 11 is 4.49. The minimum atomic E-state index is -9.16. The summed E-state index contributed by atoms with van der Waals surface area (Å²) in [4.78, 5) is 0. The smallest absolute Gasteiger partial charge is 0.125 e. The lowest BCUT2D eigenvalue weighted by molar-refractivity contribution is 0.367. The molecule has 0 spiro atoms. The predicted molar refractivity (Wildman–Crippen MR) is 28.7 cm³/mol. The van der Waals surface area contributed by atoms with Crippen LogP contribution in [-0.2, 0) is 0 Å². The summed E-state index contributed by atoms with van der Waals surface area (Å²) in [6.07, 6.45) is 0. The van der Waals surface area contributed by atoms with Gasteiger partial charge in [-0.25, -0.2) is 0 Å². The highest BCUT2D eigenvalue weighted by atomic mass is 35.5. The third-order valence-electron chi connectivity index (χ3n) is 0.463. The second-order valence-electron chi connectivity index (χ2n) is 1.52. The number of hydrogen-bond acceptors (Lipinski definition) is 0.